The van der Waals surface area contributed by atoms with Crippen LogP contribution in [0, 0.1) is 5.82 Å². The van der Waals surface area contributed by atoms with Gasteiger partial charge < -0.3 is 10.8 Å². The minimum atomic E-state index is -4.32. The molecule has 0 spiro atoms. The molecule has 1 fully saturated rings. The predicted octanol–water partition coefficient (Wildman–Crippen LogP) is 0.243. The molecule has 0 radical (unpaired) electrons. The van der Waals surface area contributed by atoms with Gasteiger partial charge in [0, 0.05) is 18.5 Å². The van der Waals surface area contributed by atoms with Gasteiger partial charge in [-0.1, -0.05) is 18.2 Å². The summed E-state index contributed by atoms with van der Waals surface area (Å²) in [4.78, 5) is 11.5. The van der Waals surface area contributed by atoms with E-state index >= 15 is 4.39 Å². The average molecular weight is 485 g/mol. The van der Waals surface area contributed by atoms with Gasteiger partial charge in [0.1, 0.15) is 18.0 Å². The van der Waals surface area contributed by atoms with E-state index in [0.717, 1.165) is 0 Å². The van der Waals surface area contributed by atoms with Gasteiger partial charge in [-0.05, 0) is 41.6 Å². The van der Waals surface area contributed by atoms with Gasteiger partial charge in [0.05, 0.1) is 5.75 Å². The highest BCUT2D eigenvalue weighted by atomic mass is 32.2. The summed E-state index contributed by atoms with van der Waals surface area (Å²) in [6.07, 6.45) is 2.08. The number of rotatable bonds is 6. The molecule has 2 aliphatic heterocycles. The number of nitrogens with zero attached hydrogens (tertiary/aromatic N) is 2. The summed E-state index contributed by atoms with van der Waals surface area (Å²) in [5.74, 6) is -2.53. The molecule has 172 valence electrons. The Labute approximate surface area is 184 Å². The van der Waals surface area contributed by atoms with Crippen molar-refractivity contribution in [2.24, 2.45) is 5.73 Å². The number of carbonyl (C=O) groups excluding carboxylic acids is 1. The van der Waals surface area contributed by atoms with E-state index in [0.29, 0.717) is 27.2 Å². The van der Waals surface area contributed by atoms with Gasteiger partial charge >= 0.3 is 10.2 Å². The summed E-state index contributed by atoms with van der Waals surface area (Å²) in [6.45, 7) is -0.0909. The lowest BCUT2D eigenvalue weighted by Gasteiger charge is -2.19. The summed E-state index contributed by atoms with van der Waals surface area (Å²) in [5, 5.41) is 10.6. The Kier molecular flexibility index (Phi) is 5.61. The summed E-state index contributed by atoms with van der Waals surface area (Å²) < 4.78 is 68.0. The zero-order valence-electron chi connectivity index (χ0n) is 16.8. The zero-order chi connectivity index (χ0) is 23.3. The smallest absolute Gasteiger partial charge is 0.326 e. The Morgan fingerprint density at radius 1 is 1.22 bits per heavy atom. The third-order valence-electron chi connectivity index (χ3n) is 5.36. The third kappa shape index (κ3) is 3.92. The molecule has 1 amide bonds. The van der Waals surface area contributed by atoms with Crippen molar-refractivity contribution < 1.29 is 31.1 Å². The number of hydrogen-bond acceptors (Lipinski definition) is 7. The van der Waals surface area contributed by atoms with Gasteiger partial charge in [-0.25, -0.2) is 21.8 Å². The largest absolute Gasteiger partial charge is 0.506 e. The van der Waals surface area contributed by atoms with E-state index in [1.165, 1.54) is 16.4 Å². The second-order valence-electron chi connectivity index (χ2n) is 7.51. The fourth-order valence-corrected chi connectivity index (χ4v) is 6.35. The third-order valence-corrected chi connectivity index (χ3v) is 8.61. The molecule has 0 bridgehead atoms. The van der Waals surface area contributed by atoms with Crippen molar-refractivity contribution in [3.05, 3.63) is 41.7 Å². The molecule has 0 atom stereocenters. The number of amides is 1. The highest BCUT2D eigenvalue weighted by molar-refractivity contribution is 7.92. The number of benzene rings is 2. The number of nitrogens with one attached hydrogen (secondary N) is 1. The zero-order valence-corrected chi connectivity index (χ0v) is 18.4. The maximum atomic E-state index is 15.4. The van der Waals surface area contributed by atoms with Crippen LogP contribution in [0.5, 0.6) is 5.75 Å². The molecule has 0 saturated carbocycles. The SMILES string of the molecule is NCCCS(=O)(=O)N1CC=C(c2ccc3cc(O)c(N4CC(=O)NS4(=O)=O)c(F)c3c2)C1. The lowest BCUT2D eigenvalue weighted by Crippen LogP contribution is -2.31. The molecule has 0 unspecified atom stereocenters. The van der Waals surface area contributed by atoms with Gasteiger partial charge in [0.15, 0.2) is 5.82 Å². The van der Waals surface area contributed by atoms with Crippen LogP contribution in [-0.2, 0) is 25.0 Å². The van der Waals surface area contributed by atoms with Crippen LogP contribution in [-0.4, -0.2) is 64.1 Å². The molecule has 2 aliphatic rings. The standard InChI is InChI=1S/C19H21FN4O6S2/c20-18-15-8-12(14-4-6-23(10-14)31(27,28)7-1-5-21)2-3-13(15)9-16(25)19(18)24-11-17(26)22-32(24,29)30/h2-4,8-9,25H,1,5-7,10-11,21H2,(H,22,26). The van der Waals surface area contributed by atoms with Crippen LogP contribution in [0.4, 0.5) is 10.1 Å². The number of hydrogen-bond donors (Lipinski definition) is 3. The first-order valence-corrected chi connectivity index (χ1v) is 12.7. The number of anilines is 1. The topological polar surface area (TPSA) is 150 Å². The predicted molar refractivity (Wildman–Crippen MR) is 117 cm³/mol. The first-order chi connectivity index (χ1) is 15.0. The quantitative estimate of drug-likeness (QED) is 0.532. The Morgan fingerprint density at radius 3 is 2.62 bits per heavy atom. The summed E-state index contributed by atoms with van der Waals surface area (Å²) in [5.41, 5.74) is 6.00. The van der Waals surface area contributed by atoms with Crippen molar-refractivity contribution >= 4 is 48.2 Å². The number of fused-ring (bicyclic) bond motifs is 1. The fourth-order valence-electron chi connectivity index (χ4n) is 3.76. The maximum Gasteiger partial charge on any atom is 0.326 e. The summed E-state index contributed by atoms with van der Waals surface area (Å²) >= 11 is 0. The van der Waals surface area contributed by atoms with Crippen LogP contribution in [0.1, 0.15) is 12.0 Å². The number of carbonyl (C=O) groups is 1. The van der Waals surface area contributed by atoms with Crippen LogP contribution < -0.4 is 14.8 Å². The van der Waals surface area contributed by atoms with E-state index in [1.54, 1.807) is 22.9 Å². The molecule has 2 aromatic rings. The highest BCUT2D eigenvalue weighted by Crippen LogP contribution is 2.39. The van der Waals surface area contributed by atoms with E-state index < -0.39 is 49.9 Å². The Morgan fingerprint density at radius 2 is 1.97 bits per heavy atom. The van der Waals surface area contributed by atoms with Crippen molar-refractivity contribution in [1.82, 2.24) is 9.03 Å². The molecule has 32 heavy (non-hydrogen) atoms. The molecule has 4 N–H and O–H groups in total. The fraction of sp³-hybridized carbons (Fsp3) is 0.316. The van der Waals surface area contributed by atoms with Crippen LogP contribution in [0.15, 0.2) is 30.3 Å². The lowest BCUT2D eigenvalue weighted by molar-refractivity contribution is -0.117. The van der Waals surface area contributed by atoms with Gasteiger partial charge in [0.25, 0.3) is 5.91 Å². The van der Waals surface area contributed by atoms with Crippen LogP contribution in [0.3, 0.4) is 0 Å². The Balaban J connectivity index is 1.70. The van der Waals surface area contributed by atoms with Crippen molar-refractivity contribution in [1.29, 1.82) is 0 Å². The molecular weight excluding hydrogens is 463 g/mol. The van der Waals surface area contributed by atoms with Crippen molar-refractivity contribution in [2.75, 3.05) is 36.2 Å². The monoisotopic (exact) mass is 484 g/mol. The van der Waals surface area contributed by atoms with Gasteiger partial charge in [0.2, 0.25) is 10.0 Å². The first-order valence-electron chi connectivity index (χ1n) is 9.69. The van der Waals surface area contributed by atoms with E-state index in [9.17, 15) is 26.7 Å². The van der Waals surface area contributed by atoms with Crippen molar-refractivity contribution in [3.8, 4) is 5.75 Å². The summed E-state index contributed by atoms with van der Waals surface area (Å²) in [6, 6.07) is 5.89. The van der Waals surface area contributed by atoms with Gasteiger partial charge in [-0.3, -0.25) is 4.79 Å². The molecule has 10 nitrogen and oxygen atoms in total. The minimum absolute atomic E-state index is 0.0233. The Bertz CT molecular complexity index is 1360. The maximum absolute atomic E-state index is 15.4. The second kappa shape index (κ2) is 7.99. The van der Waals surface area contributed by atoms with Crippen LogP contribution >= 0.6 is 0 Å². The molecule has 4 rings (SSSR count). The van der Waals surface area contributed by atoms with Crippen LogP contribution in [0.25, 0.3) is 16.3 Å². The number of halogens is 1. The van der Waals surface area contributed by atoms with E-state index in [-0.39, 0.29) is 30.8 Å². The highest BCUT2D eigenvalue weighted by Gasteiger charge is 2.38. The molecule has 1 saturated heterocycles. The van der Waals surface area contributed by atoms with Crippen molar-refractivity contribution in [3.63, 3.8) is 0 Å². The average Bonchev–Trinajstić information content (AvgIpc) is 3.31. The minimum Gasteiger partial charge on any atom is -0.506 e. The Hall–Kier alpha value is -2.74. The van der Waals surface area contributed by atoms with Gasteiger partial charge in [-0.15, -0.1) is 0 Å². The van der Waals surface area contributed by atoms with Crippen LogP contribution in [0.2, 0.25) is 0 Å². The molecule has 13 heteroatoms. The number of phenols is 1. The van der Waals surface area contributed by atoms with E-state index in [1.807, 2.05) is 0 Å². The molecule has 2 aromatic carbocycles. The normalized spacial score (nSPS) is 18.9. The second-order valence-corrected chi connectivity index (χ2v) is 11.2. The number of phenolic OH excluding ortho intramolecular Hbond substituents is 1. The number of sulfonamides is 1. The lowest BCUT2D eigenvalue weighted by atomic mass is 10.0. The van der Waals surface area contributed by atoms with E-state index in [2.05, 4.69) is 0 Å². The molecule has 0 aromatic heterocycles. The molecule has 2 heterocycles. The van der Waals surface area contributed by atoms with E-state index in [4.69, 9.17) is 5.73 Å². The van der Waals surface area contributed by atoms with Crippen molar-refractivity contribution in [2.45, 2.75) is 6.42 Å². The number of aromatic hydroxyl groups is 1. The molecule has 0 aliphatic carbocycles. The van der Waals surface area contributed by atoms with Gasteiger partial charge in [-0.2, -0.15) is 12.7 Å². The first kappa shape index (κ1) is 22.5. The molecular formula is C19H21FN4O6S2. The summed E-state index contributed by atoms with van der Waals surface area (Å²) in [7, 11) is -7.79. The number of nitrogens with two attached hydrogens (primary N) is 1.